The topological polar surface area (TPSA) is 30.2 Å². The summed E-state index contributed by atoms with van der Waals surface area (Å²) in [4.78, 5) is 12.5. The lowest BCUT2D eigenvalue weighted by Gasteiger charge is -2.02. The van der Waals surface area contributed by atoms with Crippen molar-refractivity contribution in [3.8, 4) is 0 Å². The van der Waals surface area contributed by atoms with Crippen LogP contribution in [0.2, 0.25) is 0 Å². The van der Waals surface area contributed by atoms with Gasteiger partial charge in [-0.1, -0.05) is 30.3 Å². The van der Waals surface area contributed by atoms with Crippen molar-refractivity contribution in [2.45, 2.75) is 0 Å². The zero-order valence-electron chi connectivity index (χ0n) is 11.5. The Kier molecular flexibility index (Phi) is 2.79. The van der Waals surface area contributed by atoms with Crippen molar-refractivity contribution >= 4 is 27.7 Å². The Morgan fingerprint density at radius 2 is 1.55 bits per heavy atom. The van der Waals surface area contributed by atoms with E-state index in [2.05, 4.69) is 0 Å². The number of furan rings is 1. The highest BCUT2D eigenvalue weighted by Crippen LogP contribution is 2.29. The number of fused-ring (bicyclic) bond motifs is 3. The molecule has 0 bridgehead atoms. The van der Waals surface area contributed by atoms with Gasteiger partial charge in [0.2, 0.25) is 0 Å². The first kappa shape index (κ1) is 12.8. The maximum atomic E-state index is 13.8. The molecule has 0 aliphatic carbocycles. The molecule has 0 fully saturated rings. The van der Waals surface area contributed by atoms with Crippen LogP contribution in [0.25, 0.3) is 21.9 Å². The highest BCUT2D eigenvalue weighted by molar-refractivity contribution is 6.13. The van der Waals surface area contributed by atoms with E-state index < -0.39 is 5.82 Å². The number of hydrogen-bond acceptors (Lipinski definition) is 2. The number of ketones is 1. The molecule has 1 heterocycles. The van der Waals surface area contributed by atoms with Gasteiger partial charge in [0.1, 0.15) is 17.0 Å². The van der Waals surface area contributed by atoms with Crippen LogP contribution in [0.5, 0.6) is 0 Å². The summed E-state index contributed by atoms with van der Waals surface area (Å²) in [6.45, 7) is 0. The summed E-state index contributed by atoms with van der Waals surface area (Å²) >= 11 is 0. The minimum absolute atomic E-state index is 0.0784. The zero-order chi connectivity index (χ0) is 15.1. The smallest absolute Gasteiger partial charge is 0.195 e. The maximum absolute atomic E-state index is 13.8. The number of para-hydroxylation sites is 1. The van der Waals surface area contributed by atoms with Gasteiger partial charge >= 0.3 is 0 Å². The highest BCUT2D eigenvalue weighted by atomic mass is 19.1. The van der Waals surface area contributed by atoms with E-state index in [4.69, 9.17) is 4.42 Å². The summed E-state index contributed by atoms with van der Waals surface area (Å²) in [6, 6.07) is 18.8. The molecular formula is C19H11FO2. The molecule has 4 aromatic rings. The predicted molar refractivity (Wildman–Crippen MR) is 83.6 cm³/mol. The Morgan fingerprint density at radius 3 is 2.41 bits per heavy atom. The van der Waals surface area contributed by atoms with Crippen LogP contribution in [0, 0.1) is 5.82 Å². The predicted octanol–water partition coefficient (Wildman–Crippen LogP) is 4.96. The SMILES string of the molecule is O=C(c1ccc2oc3ccccc3c2c1)c1ccccc1F. The van der Waals surface area contributed by atoms with Gasteiger partial charge in [-0.25, -0.2) is 4.39 Å². The Morgan fingerprint density at radius 1 is 0.818 bits per heavy atom. The highest BCUT2D eigenvalue weighted by Gasteiger charge is 2.15. The second-order valence-electron chi connectivity index (χ2n) is 5.12. The van der Waals surface area contributed by atoms with Crippen LogP contribution in [0.4, 0.5) is 4.39 Å². The maximum Gasteiger partial charge on any atom is 0.195 e. The van der Waals surface area contributed by atoms with Crippen molar-refractivity contribution in [2.24, 2.45) is 0 Å². The van der Waals surface area contributed by atoms with Crippen LogP contribution in [-0.2, 0) is 0 Å². The van der Waals surface area contributed by atoms with Crippen molar-refractivity contribution in [2.75, 3.05) is 0 Å². The standard InChI is InChI=1S/C19H11FO2/c20-16-7-3-1-6-14(16)19(21)12-9-10-18-15(11-12)13-5-2-4-8-17(13)22-18/h1-11H. The monoisotopic (exact) mass is 290 g/mol. The minimum Gasteiger partial charge on any atom is -0.456 e. The normalized spacial score (nSPS) is 11.1. The minimum atomic E-state index is -0.510. The number of halogens is 1. The molecule has 106 valence electrons. The summed E-state index contributed by atoms with van der Waals surface area (Å²) in [5.74, 6) is -0.838. The molecule has 0 atom stereocenters. The summed E-state index contributed by atoms with van der Waals surface area (Å²) in [5, 5.41) is 1.80. The van der Waals surface area contributed by atoms with Gasteiger partial charge in [0, 0.05) is 16.3 Å². The third-order valence-corrected chi connectivity index (χ3v) is 3.76. The van der Waals surface area contributed by atoms with Crippen LogP contribution < -0.4 is 0 Å². The van der Waals surface area contributed by atoms with Crippen LogP contribution in [0.15, 0.2) is 71.1 Å². The van der Waals surface area contributed by atoms with Crippen LogP contribution in [-0.4, -0.2) is 5.78 Å². The fourth-order valence-electron chi connectivity index (χ4n) is 2.67. The zero-order valence-corrected chi connectivity index (χ0v) is 11.5. The first-order valence-electron chi connectivity index (χ1n) is 6.94. The largest absolute Gasteiger partial charge is 0.456 e. The lowest BCUT2D eigenvalue weighted by molar-refractivity contribution is 0.103. The third-order valence-electron chi connectivity index (χ3n) is 3.76. The van der Waals surface area contributed by atoms with Crippen molar-refractivity contribution in [3.63, 3.8) is 0 Å². The van der Waals surface area contributed by atoms with Crippen molar-refractivity contribution in [1.29, 1.82) is 0 Å². The molecule has 0 N–H and O–H groups in total. The van der Waals surface area contributed by atoms with Gasteiger partial charge in [-0.15, -0.1) is 0 Å². The van der Waals surface area contributed by atoms with Crippen LogP contribution in [0.1, 0.15) is 15.9 Å². The molecule has 3 aromatic carbocycles. The van der Waals surface area contributed by atoms with Gasteiger partial charge in [0.05, 0.1) is 5.56 Å². The number of carbonyl (C=O) groups excluding carboxylic acids is 1. The van der Waals surface area contributed by atoms with Gasteiger partial charge in [-0.3, -0.25) is 4.79 Å². The summed E-state index contributed by atoms with van der Waals surface area (Å²) in [5.41, 5.74) is 2.01. The molecule has 0 unspecified atom stereocenters. The first-order valence-corrected chi connectivity index (χ1v) is 6.94. The van der Waals surface area contributed by atoms with Gasteiger partial charge in [0.25, 0.3) is 0 Å². The Balaban J connectivity index is 1.91. The van der Waals surface area contributed by atoms with E-state index in [1.807, 2.05) is 24.3 Å². The summed E-state index contributed by atoms with van der Waals surface area (Å²) in [6.07, 6.45) is 0. The molecule has 3 heteroatoms. The van der Waals surface area contributed by atoms with E-state index in [1.165, 1.54) is 12.1 Å². The van der Waals surface area contributed by atoms with E-state index in [0.717, 1.165) is 16.4 Å². The lowest BCUT2D eigenvalue weighted by Crippen LogP contribution is -2.03. The fourth-order valence-corrected chi connectivity index (χ4v) is 2.67. The molecule has 0 aliphatic heterocycles. The second-order valence-corrected chi connectivity index (χ2v) is 5.12. The second kappa shape index (κ2) is 4.81. The van der Waals surface area contributed by atoms with Gasteiger partial charge < -0.3 is 4.42 Å². The van der Waals surface area contributed by atoms with Crippen molar-refractivity contribution in [3.05, 3.63) is 83.7 Å². The van der Waals surface area contributed by atoms with E-state index in [0.29, 0.717) is 11.1 Å². The molecule has 22 heavy (non-hydrogen) atoms. The van der Waals surface area contributed by atoms with E-state index in [9.17, 15) is 9.18 Å². The van der Waals surface area contributed by atoms with E-state index in [1.54, 1.807) is 30.3 Å². The van der Waals surface area contributed by atoms with E-state index in [-0.39, 0.29) is 11.3 Å². The molecule has 0 amide bonds. The van der Waals surface area contributed by atoms with E-state index >= 15 is 0 Å². The molecule has 4 rings (SSSR count). The third kappa shape index (κ3) is 1.91. The molecule has 2 nitrogen and oxygen atoms in total. The molecular weight excluding hydrogens is 279 g/mol. The molecule has 0 radical (unpaired) electrons. The lowest BCUT2D eigenvalue weighted by atomic mass is 10.0. The van der Waals surface area contributed by atoms with Gasteiger partial charge in [0.15, 0.2) is 5.78 Å². The number of carbonyl (C=O) groups is 1. The van der Waals surface area contributed by atoms with Gasteiger partial charge in [-0.05, 0) is 36.4 Å². The van der Waals surface area contributed by atoms with Crippen molar-refractivity contribution in [1.82, 2.24) is 0 Å². The Hall–Kier alpha value is -2.94. The summed E-state index contributed by atoms with van der Waals surface area (Å²) in [7, 11) is 0. The molecule has 0 saturated heterocycles. The number of rotatable bonds is 2. The van der Waals surface area contributed by atoms with Crippen molar-refractivity contribution < 1.29 is 13.6 Å². The fraction of sp³-hybridized carbons (Fsp3) is 0. The quantitative estimate of drug-likeness (QED) is 0.489. The van der Waals surface area contributed by atoms with Gasteiger partial charge in [-0.2, -0.15) is 0 Å². The molecule has 0 spiro atoms. The average molecular weight is 290 g/mol. The molecule has 0 saturated carbocycles. The number of benzene rings is 3. The Bertz CT molecular complexity index is 1010. The average Bonchev–Trinajstić information content (AvgIpc) is 2.92. The van der Waals surface area contributed by atoms with Crippen LogP contribution >= 0.6 is 0 Å². The molecule has 1 aromatic heterocycles. The van der Waals surface area contributed by atoms with Crippen LogP contribution in [0.3, 0.4) is 0 Å². The Labute approximate surface area is 125 Å². The molecule has 0 aliphatic rings. The first-order chi connectivity index (χ1) is 10.7. The number of hydrogen-bond donors (Lipinski definition) is 0. The summed E-state index contributed by atoms with van der Waals surface area (Å²) < 4.78 is 19.5.